The predicted octanol–water partition coefficient (Wildman–Crippen LogP) is 2.94. The van der Waals surface area contributed by atoms with Gasteiger partial charge in [-0.2, -0.15) is 5.10 Å². The maximum Gasteiger partial charge on any atom is 0.326 e. The van der Waals surface area contributed by atoms with E-state index in [9.17, 15) is 14.7 Å². The summed E-state index contributed by atoms with van der Waals surface area (Å²) in [6.07, 6.45) is 6.36. The van der Waals surface area contributed by atoms with Gasteiger partial charge in [-0.3, -0.25) is 9.48 Å². The number of aromatic nitrogens is 3. The van der Waals surface area contributed by atoms with Crippen LogP contribution in [0.1, 0.15) is 47.3 Å². The van der Waals surface area contributed by atoms with E-state index in [4.69, 9.17) is 4.74 Å². The number of aryl methyl sites for hydroxylation is 3. The summed E-state index contributed by atoms with van der Waals surface area (Å²) >= 11 is 0. The van der Waals surface area contributed by atoms with Gasteiger partial charge < -0.3 is 20.5 Å². The van der Waals surface area contributed by atoms with Gasteiger partial charge in [-0.15, -0.1) is 0 Å². The largest absolute Gasteiger partial charge is 0.480 e. The van der Waals surface area contributed by atoms with E-state index in [-0.39, 0.29) is 0 Å². The fraction of sp³-hybridized carbons (Fsp3) is 0.440. The van der Waals surface area contributed by atoms with Crippen LogP contribution >= 0.6 is 0 Å². The fourth-order valence-corrected chi connectivity index (χ4v) is 4.22. The highest BCUT2D eigenvalue weighted by Gasteiger charge is 2.22. The number of anilines is 1. The van der Waals surface area contributed by atoms with Gasteiger partial charge >= 0.3 is 5.97 Å². The molecule has 4 rings (SSSR count). The second kappa shape index (κ2) is 11.1. The molecule has 1 unspecified atom stereocenters. The van der Waals surface area contributed by atoms with Gasteiger partial charge in [0.25, 0.3) is 5.91 Å². The maximum absolute atomic E-state index is 12.7. The minimum Gasteiger partial charge on any atom is -0.480 e. The molecule has 0 spiro atoms. The minimum absolute atomic E-state index is 0.294. The molecule has 0 saturated carbocycles. The Morgan fingerprint density at radius 3 is 2.94 bits per heavy atom. The molecule has 1 amide bonds. The van der Waals surface area contributed by atoms with Crippen LogP contribution < -0.4 is 10.6 Å². The molecule has 0 saturated heterocycles. The van der Waals surface area contributed by atoms with E-state index in [1.165, 1.54) is 5.56 Å². The molecule has 1 aromatic carbocycles. The standard InChI is InChI=1S/C25H31N5O4/c1-30-22-10-2-8-19(20(22)16-27-30)24(31)29-21(25(32)33)9-5-15-34-14-4-7-18-12-11-17-6-3-13-26-23(17)28-18/h2,8,10-12,16,21H,3-7,9,13-15H2,1H3,(H,26,28)(H,29,31)(H,32,33). The third-order valence-corrected chi connectivity index (χ3v) is 6.09. The molecule has 3 heterocycles. The number of ether oxygens (including phenoxy) is 1. The first-order valence-corrected chi connectivity index (χ1v) is 11.8. The molecule has 2 aromatic heterocycles. The van der Waals surface area contributed by atoms with Gasteiger partial charge in [0, 0.05) is 37.9 Å². The number of rotatable bonds is 11. The van der Waals surface area contributed by atoms with E-state index in [1.807, 2.05) is 6.07 Å². The number of benzene rings is 1. The lowest BCUT2D eigenvalue weighted by Crippen LogP contribution is -2.41. The predicted molar refractivity (Wildman–Crippen MR) is 129 cm³/mol. The first kappa shape index (κ1) is 23.7. The molecule has 1 atom stereocenters. The zero-order valence-electron chi connectivity index (χ0n) is 19.4. The number of hydrogen-bond donors (Lipinski definition) is 3. The van der Waals surface area contributed by atoms with Crippen molar-refractivity contribution in [3.05, 3.63) is 53.3 Å². The van der Waals surface area contributed by atoms with Gasteiger partial charge in [0.1, 0.15) is 11.9 Å². The molecule has 9 nitrogen and oxygen atoms in total. The Bertz CT molecular complexity index is 1160. The lowest BCUT2D eigenvalue weighted by Gasteiger charge is -2.17. The van der Waals surface area contributed by atoms with Crippen LogP contribution in [0.25, 0.3) is 10.9 Å². The van der Waals surface area contributed by atoms with E-state index >= 15 is 0 Å². The number of amides is 1. The molecule has 0 bridgehead atoms. The van der Waals surface area contributed by atoms with Crippen molar-refractivity contribution >= 4 is 28.6 Å². The van der Waals surface area contributed by atoms with Crippen LogP contribution in [0.5, 0.6) is 0 Å². The van der Waals surface area contributed by atoms with Crippen LogP contribution in [0.15, 0.2) is 36.5 Å². The summed E-state index contributed by atoms with van der Waals surface area (Å²) in [5, 5.41) is 20.4. The van der Waals surface area contributed by atoms with Crippen LogP contribution in [0.2, 0.25) is 0 Å². The van der Waals surface area contributed by atoms with Gasteiger partial charge in [-0.25, -0.2) is 9.78 Å². The van der Waals surface area contributed by atoms with E-state index in [1.54, 1.807) is 30.1 Å². The summed E-state index contributed by atoms with van der Waals surface area (Å²) in [5.41, 5.74) is 3.56. The van der Waals surface area contributed by atoms with Crippen LogP contribution in [-0.2, 0) is 29.4 Å². The molecule has 0 fully saturated rings. The average Bonchev–Trinajstić information content (AvgIpc) is 3.23. The molecule has 3 aromatic rings. The second-order valence-corrected chi connectivity index (χ2v) is 8.57. The Morgan fingerprint density at radius 1 is 1.24 bits per heavy atom. The van der Waals surface area contributed by atoms with Crippen molar-refractivity contribution in [3.63, 3.8) is 0 Å². The van der Waals surface area contributed by atoms with E-state index in [0.29, 0.717) is 37.0 Å². The Morgan fingerprint density at radius 2 is 2.09 bits per heavy atom. The SMILES string of the molecule is Cn1ncc2c(C(=O)NC(CCCOCCCc3ccc4c(n3)NCCC4)C(=O)O)cccc21. The van der Waals surface area contributed by atoms with Crippen LogP contribution in [-0.4, -0.2) is 57.5 Å². The molecule has 3 N–H and O–H groups in total. The van der Waals surface area contributed by atoms with Crippen LogP contribution in [0, 0.1) is 0 Å². The zero-order valence-corrected chi connectivity index (χ0v) is 19.4. The lowest BCUT2D eigenvalue weighted by molar-refractivity contribution is -0.139. The molecule has 9 heteroatoms. The summed E-state index contributed by atoms with van der Waals surface area (Å²) < 4.78 is 7.37. The quantitative estimate of drug-likeness (QED) is 0.373. The smallest absolute Gasteiger partial charge is 0.326 e. The molecular formula is C25H31N5O4. The van der Waals surface area contributed by atoms with Crippen LogP contribution in [0.3, 0.4) is 0 Å². The first-order chi connectivity index (χ1) is 16.5. The number of carboxylic acid groups (broad SMARTS) is 1. The third kappa shape index (κ3) is 5.72. The van der Waals surface area contributed by atoms with Gasteiger partial charge in [-0.1, -0.05) is 12.1 Å². The Labute approximate surface area is 198 Å². The van der Waals surface area contributed by atoms with Gasteiger partial charge in [0.2, 0.25) is 0 Å². The Kier molecular flexibility index (Phi) is 7.74. The molecule has 0 radical (unpaired) electrons. The van der Waals surface area contributed by atoms with Crippen molar-refractivity contribution in [2.45, 2.75) is 44.6 Å². The van der Waals surface area contributed by atoms with Crippen molar-refractivity contribution in [2.75, 3.05) is 25.1 Å². The Balaban J connectivity index is 1.18. The molecule has 1 aliphatic rings. The van der Waals surface area contributed by atoms with Crippen molar-refractivity contribution in [3.8, 4) is 0 Å². The second-order valence-electron chi connectivity index (χ2n) is 8.57. The summed E-state index contributed by atoms with van der Waals surface area (Å²) in [7, 11) is 1.80. The molecule has 0 aliphatic carbocycles. The van der Waals surface area contributed by atoms with Gasteiger partial charge in [0.15, 0.2) is 0 Å². The highest BCUT2D eigenvalue weighted by Crippen LogP contribution is 2.20. The van der Waals surface area contributed by atoms with Crippen molar-refractivity contribution in [1.82, 2.24) is 20.1 Å². The fourth-order valence-electron chi connectivity index (χ4n) is 4.22. The third-order valence-electron chi connectivity index (χ3n) is 6.09. The van der Waals surface area contributed by atoms with Gasteiger partial charge in [0.05, 0.1) is 17.3 Å². The lowest BCUT2D eigenvalue weighted by atomic mass is 10.1. The number of nitrogens with zero attached hydrogens (tertiary/aromatic N) is 3. The molecule has 180 valence electrons. The molecule has 34 heavy (non-hydrogen) atoms. The van der Waals surface area contributed by atoms with Crippen molar-refractivity contribution < 1.29 is 19.4 Å². The number of carbonyl (C=O) groups is 2. The van der Waals surface area contributed by atoms with Crippen LogP contribution in [0.4, 0.5) is 5.82 Å². The number of nitrogens with one attached hydrogen (secondary N) is 2. The average molecular weight is 466 g/mol. The Hall–Kier alpha value is -3.46. The molecular weight excluding hydrogens is 434 g/mol. The summed E-state index contributed by atoms with van der Waals surface area (Å²) in [4.78, 5) is 29.1. The van der Waals surface area contributed by atoms with Crippen molar-refractivity contribution in [2.24, 2.45) is 7.05 Å². The zero-order chi connectivity index (χ0) is 23.9. The highest BCUT2D eigenvalue weighted by molar-refractivity contribution is 6.07. The number of fused-ring (bicyclic) bond motifs is 2. The summed E-state index contributed by atoms with van der Waals surface area (Å²) in [6, 6.07) is 8.56. The number of pyridine rings is 1. The minimum atomic E-state index is -1.06. The molecule has 1 aliphatic heterocycles. The van der Waals surface area contributed by atoms with E-state index in [0.717, 1.165) is 49.3 Å². The maximum atomic E-state index is 12.7. The summed E-state index contributed by atoms with van der Waals surface area (Å²) in [6.45, 7) is 2.00. The number of aliphatic carboxylic acids is 1. The normalized spacial score (nSPS) is 13.8. The highest BCUT2D eigenvalue weighted by atomic mass is 16.5. The topological polar surface area (TPSA) is 118 Å². The number of hydrogen-bond acceptors (Lipinski definition) is 6. The monoisotopic (exact) mass is 465 g/mol. The summed E-state index contributed by atoms with van der Waals surface area (Å²) in [5.74, 6) is -0.469. The first-order valence-electron chi connectivity index (χ1n) is 11.8. The number of carbonyl (C=O) groups excluding carboxylic acids is 1. The van der Waals surface area contributed by atoms with Gasteiger partial charge in [-0.05, 0) is 62.3 Å². The van der Waals surface area contributed by atoms with E-state index in [2.05, 4.69) is 32.8 Å². The van der Waals surface area contributed by atoms with E-state index < -0.39 is 17.9 Å². The van der Waals surface area contributed by atoms with Crippen molar-refractivity contribution in [1.29, 1.82) is 0 Å². The number of carboxylic acids is 1.